The fourth-order valence-electron chi connectivity index (χ4n) is 1.10. The van der Waals surface area contributed by atoms with Crippen LogP contribution in [0.2, 0.25) is 0 Å². The summed E-state index contributed by atoms with van der Waals surface area (Å²) in [6, 6.07) is -1.82. The molecule has 8 heteroatoms. The number of nitrogens with one attached hydrogen (secondary N) is 2. The minimum Gasteiger partial charge on any atom is -0.480 e. The molecular weight excluding hydrogens is 242 g/mol. The lowest BCUT2D eigenvalue weighted by atomic mass is 10.2. The van der Waals surface area contributed by atoms with E-state index in [4.69, 9.17) is 10.2 Å². The first kappa shape index (κ1) is 16.2. The quantitative estimate of drug-likeness (QED) is 0.449. The molecule has 3 amide bonds. The number of rotatable bonds is 7. The molecule has 0 bridgehead atoms. The SMILES string of the molecule is CN(C)C(=O)CCNC(=O)NC(CCO)C(=O)O. The van der Waals surface area contributed by atoms with Crippen LogP contribution in [0, 0.1) is 0 Å². The van der Waals surface area contributed by atoms with Gasteiger partial charge < -0.3 is 25.7 Å². The van der Waals surface area contributed by atoms with Crippen molar-refractivity contribution in [3.63, 3.8) is 0 Å². The maximum Gasteiger partial charge on any atom is 0.326 e. The molecule has 0 saturated heterocycles. The zero-order valence-corrected chi connectivity index (χ0v) is 10.5. The molecule has 0 aliphatic heterocycles. The summed E-state index contributed by atoms with van der Waals surface area (Å²) in [6.07, 6.45) is 0.0670. The smallest absolute Gasteiger partial charge is 0.326 e. The number of aliphatic hydroxyl groups is 1. The lowest BCUT2D eigenvalue weighted by Gasteiger charge is -2.14. The van der Waals surface area contributed by atoms with Gasteiger partial charge in [0.2, 0.25) is 5.91 Å². The van der Waals surface area contributed by atoms with Crippen molar-refractivity contribution in [2.75, 3.05) is 27.2 Å². The third-order valence-electron chi connectivity index (χ3n) is 2.14. The van der Waals surface area contributed by atoms with Gasteiger partial charge in [0, 0.05) is 40.1 Å². The Morgan fingerprint density at radius 3 is 2.33 bits per heavy atom. The molecule has 0 aromatic carbocycles. The van der Waals surface area contributed by atoms with Crippen LogP contribution in [0.15, 0.2) is 0 Å². The van der Waals surface area contributed by atoms with Gasteiger partial charge in [0.1, 0.15) is 6.04 Å². The first-order valence-corrected chi connectivity index (χ1v) is 5.46. The number of carbonyl (C=O) groups is 3. The third-order valence-corrected chi connectivity index (χ3v) is 2.14. The predicted molar refractivity (Wildman–Crippen MR) is 63.0 cm³/mol. The number of amides is 3. The standard InChI is InChI=1S/C10H19N3O5/c1-13(2)8(15)3-5-11-10(18)12-7(4-6-14)9(16)17/h7,14H,3-6H2,1-2H3,(H,16,17)(H2,11,12,18). The summed E-state index contributed by atoms with van der Waals surface area (Å²) in [6.45, 7) is -0.218. The van der Waals surface area contributed by atoms with Gasteiger partial charge in [-0.25, -0.2) is 9.59 Å². The molecule has 0 radical (unpaired) electrons. The molecule has 0 spiro atoms. The van der Waals surface area contributed by atoms with E-state index in [0.29, 0.717) is 0 Å². The zero-order chi connectivity index (χ0) is 14.1. The van der Waals surface area contributed by atoms with Crippen LogP contribution in [0.25, 0.3) is 0 Å². The Kier molecular flexibility index (Phi) is 7.45. The molecule has 0 saturated carbocycles. The van der Waals surface area contributed by atoms with E-state index in [-0.39, 0.29) is 31.9 Å². The van der Waals surface area contributed by atoms with Crippen LogP contribution in [0.5, 0.6) is 0 Å². The van der Waals surface area contributed by atoms with Crippen molar-refractivity contribution < 1.29 is 24.6 Å². The number of nitrogens with zero attached hydrogens (tertiary/aromatic N) is 1. The molecule has 18 heavy (non-hydrogen) atoms. The van der Waals surface area contributed by atoms with E-state index >= 15 is 0 Å². The van der Waals surface area contributed by atoms with Crippen LogP contribution in [0.4, 0.5) is 4.79 Å². The van der Waals surface area contributed by atoms with Crippen LogP contribution in [0.1, 0.15) is 12.8 Å². The number of aliphatic carboxylic acids is 1. The average Bonchev–Trinajstić information content (AvgIpc) is 2.27. The van der Waals surface area contributed by atoms with Gasteiger partial charge in [0.25, 0.3) is 0 Å². The molecule has 0 aromatic heterocycles. The molecular formula is C10H19N3O5. The molecule has 0 fully saturated rings. The van der Waals surface area contributed by atoms with Crippen molar-refractivity contribution in [1.29, 1.82) is 0 Å². The predicted octanol–water partition coefficient (Wildman–Crippen LogP) is -1.40. The summed E-state index contributed by atoms with van der Waals surface area (Å²) in [7, 11) is 3.20. The Labute approximate surface area is 105 Å². The number of carbonyl (C=O) groups excluding carboxylic acids is 2. The summed E-state index contributed by atoms with van der Waals surface area (Å²) in [5.41, 5.74) is 0. The molecule has 0 aromatic rings. The highest BCUT2D eigenvalue weighted by Gasteiger charge is 2.18. The van der Waals surface area contributed by atoms with E-state index < -0.39 is 18.0 Å². The van der Waals surface area contributed by atoms with Crippen molar-refractivity contribution in [2.45, 2.75) is 18.9 Å². The summed E-state index contributed by atoms with van der Waals surface area (Å²) < 4.78 is 0. The fourth-order valence-corrected chi connectivity index (χ4v) is 1.10. The van der Waals surface area contributed by atoms with Gasteiger partial charge in [0.05, 0.1) is 0 Å². The van der Waals surface area contributed by atoms with Gasteiger partial charge >= 0.3 is 12.0 Å². The highest BCUT2D eigenvalue weighted by molar-refractivity contribution is 5.83. The van der Waals surface area contributed by atoms with Gasteiger partial charge in [-0.3, -0.25) is 4.79 Å². The number of carboxylic acid groups (broad SMARTS) is 1. The Morgan fingerprint density at radius 1 is 1.28 bits per heavy atom. The lowest BCUT2D eigenvalue weighted by molar-refractivity contribution is -0.139. The first-order chi connectivity index (χ1) is 8.38. The highest BCUT2D eigenvalue weighted by atomic mass is 16.4. The summed E-state index contributed by atoms with van der Waals surface area (Å²) in [5, 5.41) is 21.9. The number of carboxylic acids is 1. The van der Waals surface area contributed by atoms with Crippen LogP contribution < -0.4 is 10.6 Å². The van der Waals surface area contributed by atoms with Crippen LogP contribution >= 0.6 is 0 Å². The van der Waals surface area contributed by atoms with Crippen molar-refractivity contribution in [3.8, 4) is 0 Å². The van der Waals surface area contributed by atoms with Gasteiger partial charge in [-0.2, -0.15) is 0 Å². The molecule has 8 nitrogen and oxygen atoms in total. The topological polar surface area (TPSA) is 119 Å². The largest absolute Gasteiger partial charge is 0.480 e. The first-order valence-electron chi connectivity index (χ1n) is 5.46. The second-order valence-electron chi connectivity index (χ2n) is 3.84. The van der Waals surface area contributed by atoms with E-state index in [1.807, 2.05) is 0 Å². The highest BCUT2D eigenvalue weighted by Crippen LogP contribution is 1.91. The Balaban J connectivity index is 3.95. The van der Waals surface area contributed by atoms with Crippen LogP contribution in [0.3, 0.4) is 0 Å². The Bertz CT molecular complexity index is 306. The minimum atomic E-state index is -1.22. The Hall–Kier alpha value is -1.83. The van der Waals surface area contributed by atoms with Gasteiger partial charge in [-0.05, 0) is 0 Å². The van der Waals surface area contributed by atoms with Crippen LogP contribution in [-0.4, -0.2) is 66.3 Å². The monoisotopic (exact) mass is 261 g/mol. The fraction of sp³-hybridized carbons (Fsp3) is 0.700. The summed E-state index contributed by atoms with van der Waals surface area (Å²) in [4.78, 5) is 34.6. The van der Waals surface area contributed by atoms with Crippen molar-refractivity contribution in [3.05, 3.63) is 0 Å². The molecule has 0 heterocycles. The molecule has 104 valence electrons. The van der Waals surface area contributed by atoms with E-state index in [1.54, 1.807) is 14.1 Å². The molecule has 0 aliphatic carbocycles. The lowest BCUT2D eigenvalue weighted by Crippen LogP contribution is -2.47. The second kappa shape index (κ2) is 8.29. The van der Waals surface area contributed by atoms with Crippen LogP contribution in [-0.2, 0) is 9.59 Å². The average molecular weight is 261 g/mol. The van der Waals surface area contributed by atoms with Crippen molar-refractivity contribution in [2.24, 2.45) is 0 Å². The number of urea groups is 1. The summed E-state index contributed by atoms with van der Waals surface area (Å²) >= 11 is 0. The van der Waals surface area contributed by atoms with Crippen molar-refractivity contribution >= 4 is 17.9 Å². The zero-order valence-electron chi connectivity index (χ0n) is 10.5. The number of hydrogen-bond donors (Lipinski definition) is 4. The molecule has 1 atom stereocenters. The van der Waals surface area contributed by atoms with E-state index in [0.717, 1.165) is 0 Å². The van der Waals surface area contributed by atoms with Crippen molar-refractivity contribution in [1.82, 2.24) is 15.5 Å². The molecule has 0 aliphatic rings. The minimum absolute atomic E-state index is 0.0701. The number of hydrogen-bond acceptors (Lipinski definition) is 4. The normalized spacial score (nSPS) is 11.5. The molecule has 4 N–H and O–H groups in total. The number of aliphatic hydroxyl groups excluding tert-OH is 1. The molecule has 0 rings (SSSR count). The molecule has 1 unspecified atom stereocenters. The second-order valence-corrected chi connectivity index (χ2v) is 3.84. The third kappa shape index (κ3) is 6.69. The van der Waals surface area contributed by atoms with Gasteiger partial charge in [-0.15, -0.1) is 0 Å². The van der Waals surface area contributed by atoms with E-state index in [2.05, 4.69) is 10.6 Å². The van der Waals surface area contributed by atoms with Gasteiger partial charge in [-0.1, -0.05) is 0 Å². The Morgan fingerprint density at radius 2 is 1.89 bits per heavy atom. The van der Waals surface area contributed by atoms with E-state index in [1.165, 1.54) is 4.90 Å². The van der Waals surface area contributed by atoms with Gasteiger partial charge in [0.15, 0.2) is 0 Å². The maximum atomic E-state index is 11.3. The maximum absolute atomic E-state index is 11.3. The van der Waals surface area contributed by atoms with E-state index in [9.17, 15) is 14.4 Å². The summed E-state index contributed by atoms with van der Waals surface area (Å²) in [5.74, 6) is -1.36.